The van der Waals surface area contributed by atoms with Crippen LogP contribution in [0.15, 0.2) is 18.2 Å². The molecule has 17 heavy (non-hydrogen) atoms. The van der Waals surface area contributed by atoms with Gasteiger partial charge in [-0.1, -0.05) is 11.6 Å². The lowest BCUT2D eigenvalue weighted by molar-refractivity contribution is -0.117. The number of methoxy groups -OCH3 is 1. The van der Waals surface area contributed by atoms with Crippen LogP contribution in [0.25, 0.3) is 0 Å². The van der Waals surface area contributed by atoms with Gasteiger partial charge in [0.1, 0.15) is 0 Å². The minimum atomic E-state index is -0.400. The van der Waals surface area contributed by atoms with E-state index >= 15 is 0 Å². The average Bonchev–Trinajstić information content (AvgIpc) is 2.74. The molecule has 0 radical (unpaired) electrons. The maximum absolute atomic E-state index is 11.7. The topological polar surface area (TPSA) is 46.6 Å². The lowest BCUT2D eigenvalue weighted by atomic mass is 10.1. The highest BCUT2D eigenvalue weighted by Gasteiger charge is 2.26. The Bertz CT molecular complexity index is 468. The first-order chi connectivity index (χ1) is 8.13. The minimum absolute atomic E-state index is 0.0685. The van der Waals surface area contributed by atoms with Gasteiger partial charge in [-0.05, 0) is 25.5 Å². The highest BCUT2D eigenvalue weighted by molar-refractivity contribution is 6.03. The van der Waals surface area contributed by atoms with E-state index in [1.165, 1.54) is 7.11 Å². The second-order valence-corrected chi connectivity index (χ2v) is 4.16. The van der Waals surface area contributed by atoms with Crippen molar-refractivity contribution in [2.45, 2.75) is 19.8 Å². The summed E-state index contributed by atoms with van der Waals surface area (Å²) in [6.45, 7) is 2.58. The second-order valence-electron chi connectivity index (χ2n) is 4.16. The van der Waals surface area contributed by atoms with Crippen LogP contribution in [-0.2, 0) is 9.53 Å². The van der Waals surface area contributed by atoms with Crippen molar-refractivity contribution < 1.29 is 14.3 Å². The fourth-order valence-electron chi connectivity index (χ4n) is 2.06. The van der Waals surface area contributed by atoms with E-state index in [1.54, 1.807) is 11.0 Å². The highest BCUT2D eigenvalue weighted by Crippen LogP contribution is 2.26. The van der Waals surface area contributed by atoms with Crippen molar-refractivity contribution in [1.29, 1.82) is 0 Å². The molecule has 0 atom stereocenters. The van der Waals surface area contributed by atoms with Crippen molar-refractivity contribution in [3.05, 3.63) is 29.3 Å². The number of esters is 1. The molecule has 0 saturated carbocycles. The summed E-state index contributed by atoms with van der Waals surface area (Å²) in [5, 5.41) is 0. The van der Waals surface area contributed by atoms with E-state index in [0.717, 1.165) is 12.0 Å². The number of carbonyl (C=O) groups excluding carboxylic acids is 2. The molecular formula is C13H15NO3. The predicted octanol–water partition coefficient (Wildman–Crippen LogP) is 1.91. The van der Waals surface area contributed by atoms with Gasteiger partial charge in [0.15, 0.2) is 0 Å². The zero-order valence-corrected chi connectivity index (χ0v) is 10.0. The van der Waals surface area contributed by atoms with Gasteiger partial charge in [-0.3, -0.25) is 4.79 Å². The molecule has 1 aliphatic heterocycles. The van der Waals surface area contributed by atoms with E-state index in [4.69, 9.17) is 4.74 Å². The number of hydrogen-bond donors (Lipinski definition) is 0. The number of rotatable bonds is 2. The van der Waals surface area contributed by atoms with Crippen LogP contribution in [0.1, 0.15) is 28.8 Å². The van der Waals surface area contributed by atoms with Crippen molar-refractivity contribution in [3.63, 3.8) is 0 Å². The van der Waals surface area contributed by atoms with Gasteiger partial charge >= 0.3 is 5.97 Å². The standard InChI is InChI=1S/C13H15NO3/c1-9-5-6-11(10(8-9)13(16)17-2)14-7-3-4-12(14)15/h5-6,8H,3-4,7H2,1-2H3. The number of carbonyl (C=O) groups is 2. The lowest BCUT2D eigenvalue weighted by Crippen LogP contribution is -2.26. The molecule has 2 rings (SSSR count). The van der Waals surface area contributed by atoms with Gasteiger partial charge in [0, 0.05) is 13.0 Å². The molecule has 1 saturated heterocycles. The van der Waals surface area contributed by atoms with Gasteiger partial charge < -0.3 is 9.64 Å². The number of anilines is 1. The molecule has 0 aliphatic carbocycles. The van der Waals surface area contributed by atoms with Crippen LogP contribution < -0.4 is 4.90 Å². The molecular weight excluding hydrogens is 218 g/mol. The van der Waals surface area contributed by atoms with Crippen LogP contribution in [0.5, 0.6) is 0 Å². The first-order valence-electron chi connectivity index (χ1n) is 5.63. The number of amides is 1. The fraction of sp³-hybridized carbons (Fsp3) is 0.385. The highest BCUT2D eigenvalue weighted by atomic mass is 16.5. The monoisotopic (exact) mass is 233 g/mol. The summed E-state index contributed by atoms with van der Waals surface area (Å²) in [5.74, 6) is -0.331. The Morgan fingerprint density at radius 2 is 2.18 bits per heavy atom. The normalized spacial score (nSPS) is 15.2. The van der Waals surface area contributed by atoms with Gasteiger partial charge in [-0.15, -0.1) is 0 Å². The molecule has 1 aromatic carbocycles. The molecule has 0 unspecified atom stereocenters. The van der Waals surface area contributed by atoms with E-state index in [0.29, 0.717) is 24.2 Å². The molecule has 1 fully saturated rings. The lowest BCUT2D eigenvalue weighted by Gasteiger charge is -2.19. The maximum Gasteiger partial charge on any atom is 0.339 e. The van der Waals surface area contributed by atoms with Crippen molar-refractivity contribution in [2.24, 2.45) is 0 Å². The third-order valence-electron chi connectivity index (χ3n) is 2.92. The first-order valence-corrected chi connectivity index (χ1v) is 5.63. The zero-order valence-electron chi connectivity index (χ0n) is 10.0. The Morgan fingerprint density at radius 1 is 1.41 bits per heavy atom. The van der Waals surface area contributed by atoms with E-state index in [-0.39, 0.29) is 5.91 Å². The quantitative estimate of drug-likeness (QED) is 0.733. The van der Waals surface area contributed by atoms with Gasteiger partial charge in [0.2, 0.25) is 5.91 Å². The van der Waals surface area contributed by atoms with Crippen molar-refractivity contribution in [2.75, 3.05) is 18.6 Å². The molecule has 90 valence electrons. The first kappa shape index (κ1) is 11.6. The van der Waals surface area contributed by atoms with Crippen LogP contribution in [0.4, 0.5) is 5.69 Å². The van der Waals surface area contributed by atoms with Crippen LogP contribution in [0, 0.1) is 6.92 Å². The predicted molar refractivity (Wildman–Crippen MR) is 64.1 cm³/mol. The summed E-state index contributed by atoms with van der Waals surface area (Å²) >= 11 is 0. The van der Waals surface area contributed by atoms with E-state index in [2.05, 4.69) is 0 Å². The Hall–Kier alpha value is -1.84. The molecule has 0 aromatic heterocycles. The largest absolute Gasteiger partial charge is 0.465 e. The van der Waals surface area contributed by atoms with E-state index < -0.39 is 5.97 Å². The third-order valence-corrected chi connectivity index (χ3v) is 2.92. The van der Waals surface area contributed by atoms with Crippen LogP contribution in [0.2, 0.25) is 0 Å². The maximum atomic E-state index is 11.7. The van der Waals surface area contributed by atoms with Gasteiger partial charge in [-0.2, -0.15) is 0 Å². The number of hydrogen-bond acceptors (Lipinski definition) is 3. The van der Waals surface area contributed by atoms with E-state index in [1.807, 2.05) is 19.1 Å². The molecule has 1 aromatic rings. The fourth-order valence-corrected chi connectivity index (χ4v) is 2.06. The number of nitrogens with zero attached hydrogens (tertiary/aromatic N) is 1. The molecule has 4 heteroatoms. The van der Waals surface area contributed by atoms with E-state index in [9.17, 15) is 9.59 Å². The van der Waals surface area contributed by atoms with Crippen molar-refractivity contribution in [3.8, 4) is 0 Å². The molecule has 1 aliphatic rings. The summed E-state index contributed by atoms with van der Waals surface area (Å²) in [7, 11) is 1.35. The van der Waals surface area contributed by atoms with Crippen LogP contribution >= 0.6 is 0 Å². The Labute approximate surface area is 100 Å². The Morgan fingerprint density at radius 3 is 2.76 bits per heavy atom. The second kappa shape index (κ2) is 4.57. The summed E-state index contributed by atoms with van der Waals surface area (Å²) in [5.41, 5.74) is 2.09. The number of ether oxygens (including phenoxy) is 1. The van der Waals surface area contributed by atoms with Gasteiger partial charge in [-0.25, -0.2) is 4.79 Å². The summed E-state index contributed by atoms with van der Waals surface area (Å²) in [6.07, 6.45) is 1.39. The van der Waals surface area contributed by atoms with Crippen LogP contribution in [-0.4, -0.2) is 25.5 Å². The number of benzene rings is 1. The summed E-state index contributed by atoms with van der Waals surface area (Å²) in [4.78, 5) is 25.0. The molecule has 1 amide bonds. The molecule has 4 nitrogen and oxygen atoms in total. The molecule has 0 N–H and O–H groups in total. The smallest absolute Gasteiger partial charge is 0.339 e. The Balaban J connectivity index is 2.45. The van der Waals surface area contributed by atoms with Crippen molar-refractivity contribution >= 4 is 17.6 Å². The average molecular weight is 233 g/mol. The summed E-state index contributed by atoms with van der Waals surface area (Å²) < 4.78 is 4.75. The van der Waals surface area contributed by atoms with Crippen molar-refractivity contribution in [1.82, 2.24) is 0 Å². The Kier molecular flexibility index (Phi) is 3.13. The molecule has 0 bridgehead atoms. The van der Waals surface area contributed by atoms with Gasteiger partial charge in [0.25, 0.3) is 0 Å². The zero-order chi connectivity index (χ0) is 12.4. The van der Waals surface area contributed by atoms with Gasteiger partial charge in [0.05, 0.1) is 18.4 Å². The summed E-state index contributed by atoms with van der Waals surface area (Å²) in [6, 6.07) is 5.46. The SMILES string of the molecule is COC(=O)c1cc(C)ccc1N1CCCC1=O. The molecule has 0 spiro atoms. The third kappa shape index (κ3) is 2.16. The van der Waals surface area contributed by atoms with Crippen LogP contribution in [0.3, 0.4) is 0 Å². The number of aryl methyl sites for hydroxylation is 1. The molecule has 1 heterocycles. The minimum Gasteiger partial charge on any atom is -0.465 e.